The lowest BCUT2D eigenvalue weighted by molar-refractivity contribution is 1.24. The smallest absolute Gasteiger partial charge is 0.255 e. The minimum Gasteiger partial charge on any atom is -0.329 e. The quantitative estimate of drug-likeness (QED) is 0.785. The molecule has 0 aliphatic rings. The average Bonchev–Trinajstić information content (AvgIpc) is 2.30. The van der Waals surface area contributed by atoms with Gasteiger partial charge in [-0.1, -0.05) is 12.1 Å². The molecule has 0 saturated carbocycles. The van der Waals surface area contributed by atoms with Crippen molar-refractivity contribution in [1.29, 1.82) is 0 Å². The summed E-state index contributed by atoms with van der Waals surface area (Å²) >= 11 is 1.67. The molecule has 1 heterocycles. The molecular formula is C12H11NOS. The third-order valence-electron chi connectivity index (χ3n) is 2.20. The molecule has 0 spiro atoms. The number of hydrogen-bond acceptors (Lipinski definition) is 2. The molecule has 76 valence electrons. The number of benzene rings is 1. The van der Waals surface area contributed by atoms with E-state index < -0.39 is 0 Å². The highest BCUT2D eigenvalue weighted by atomic mass is 32.2. The Morgan fingerprint density at radius 2 is 2.07 bits per heavy atom. The van der Waals surface area contributed by atoms with Crippen LogP contribution in [0.3, 0.4) is 0 Å². The summed E-state index contributed by atoms with van der Waals surface area (Å²) < 4.78 is 0. The highest BCUT2D eigenvalue weighted by molar-refractivity contribution is 7.98. The molecule has 2 rings (SSSR count). The van der Waals surface area contributed by atoms with Crippen LogP contribution in [-0.2, 0) is 0 Å². The lowest BCUT2D eigenvalue weighted by atomic mass is 10.1. The Morgan fingerprint density at radius 3 is 2.80 bits per heavy atom. The van der Waals surface area contributed by atoms with Gasteiger partial charge in [-0.05, 0) is 36.1 Å². The highest BCUT2D eigenvalue weighted by Crippen LogP contribution is 2.21. The monoisotopic (exact) mass is 217 g/mol. The van der Waals surface area contributed by atoms with E-state index in [1.54, 1.807) is 18.0 Å². The van der Waals surface area contributed by atoms with E-state index >= 15 is 0 Å². The largest absolute Gasteiger partial charge is 0.329 e. The van der Waals surface area contributed by atoms with Crippen molar-refractivity contribution in [2.75, 3.05) is 6.26 Å². The number of H-pyrrole nitrogens is 1. The van der Waals surface area contributed by atoms with Crippen LogP contribution in [0.15, 0.2) is 52.3 Å². The van der Waals surface area contributed by atoms with Gasteiger partial charge in [0.15, 0.2) is 0 Å². The van der Waals surface area contributed by atoms with Gasteiger partial charge in [0.2, 0.25) is 0 Å². The van der Waals surface area contributed by atoms with E-state index in [0.717, 1.165) is 10.5 Å². The van der Waals surface area contributed by atoms with Crippen LogP contribution < -0.4 is 5.56 Å². The van der Waals surface area contributed by atoms with Crippen LogP contribution in [0.2, 0.25) is 0 Å². The minimum absolute atomic E-state index is 0.0456. The van der Waals surface area contributed by atoms with Gasteiger partial charge in [0, 0.05) is 16.7 Å². The molecule has 1 N–H and O–H groups in total. The van der Waals surface area contributed by atoms with Crippen molar-refractivity contribution in [2.45, 2.75) is 4.90 Å². The summed E-state index contributed by atoms with van der Waals surface area (Å²) in [5, 5.41) is 0. The Bertz CT molecular complexity index is 519. The van der Waals surface area contributed by atoms with E-state index in [1.165, 1.54) is 0 Å². The Morgan fingerprint density at radius 1 is 1.20 bits per heavy atom. The third-order valence-corrected chi connectivity index (χ3v) is 2.92. The first kappa shape index (κ1) is 10.1. The van der Waals surface area contributed by atoms with Crippen molar-refractivity contribution in [3.8, 4) is 11.1 Å². The molecule has 0 atom stereocenters. The molecule has 0 amide bonds. The molecule has 0 radical (unpaired) electrons. The van der Waals surface area contributed by atoms with Crippen LogP contribution in [0.4, 0.5) is 0 Å². The van der Waals surface area contributed by atoms with Gasteiger partial charge in [-0.15, -0.1) is 11.8 Å². The number of aromatic amines is 1. The van der Waals surface area contributed by atoms with Crippen LogP contribution in [0.1, 0.15) is 0 Å². The number of rotatable bonds is 2. The van der Waals surface area contributed by atoms with Crippen LogP contribution >= 0.6 is 11.8 Å². The predicted octanol–water partition coefficient (Wildman–Crippen LogP) is 2.76. The Labute approximate surface area is 92.4 Å². The van der Waals surface area contributed by atoms with Crippen LogP contribution in [0, 0.1) is 0 Å². The van der Waals surface area contributed by atoms with Gasteiger partial charge in [-0.2, -0.15) is 0 Å². The van der Waals surface area contributed by atoms with Crippen molar-refractivity contribution in [1.82, 2.24) is 4.98 Å². The fraction of sp³-hybridized carbons (Fsp3) is 0.0833. The molecule has 2 nitrogen and oxygen atoms in total. The second-order valence-electron chi connectivity index (χ2n) is 3.14. The number of pyridine rings is 1. The molecule has 1 aromatic heterocycles. The Balaban J connectivity index is 2.54. The summed E-state index contributed by atoms with van der Waals surface area (Å²) in [7, 11) is 0. The Kier molecular flexibility index (Phi) is 2.92. The molecule has 3 heteroatoms. The molecule has 0 aliphatic carbocycles. The standard InChI is InChI=1S/C12H11NOS/c1-15-10-5-2-4-9(8-10)11-6-3-7-13-12(11)14/h2-8H,1H3,(H,13,14). The summed E-state index contributed by atoms with van der Waals surface area (Å²) in [5.74, 6) is 0. The van der Waals surface area contributed by atoms with Crippen molar-refractivity contribution in [3.05, 3.63) is 52.9 Å². The van der Waals surface area contributed by atoms with Crippen LogP contribution in [0.5, 0.6) is 0 Å². The lowest BCUT2D eigenvalue weighted by Gasteiger charge is -2.02. The zero-order valence-electron chi connectivity index (χ0n) is 8.36. The second kappa shape index (κ2) is 4.36. The first-order chi connectivity index (χ1) is 7.31. The van der Waals surface area contributed by atoms with Gasteiger partial charge in [0.25, 0.3) is 5.56 Å². The maximum atomic E-state index is 11.6. The van der Waals surface area contributed by atoms with Gasteiger partial charge in [-0.3, -0.25) is 4.79 Å². The molecule has 0 unspecified atom stereocenters. The van der Waals surface area contributed by atoms with Gasteiger partial charge in [-0.25, -0.2) is 0 Å². The van der Waals surface area contributed by atoms with Crippen LogP contribution in [0.25, 0.3) is 11.1 Å². The molecule has 0 aliphatic heterocycles. The maximum absolute atomic E-state index is 11.6. The summed E-state index contributed by atoms with van der Waals surface area (Å²) in [6.07, 6.45) is 3.67. The maximum Gasteiger partial charge on any atom is 0.255 e. The van der Waals surface area contributed by atoms with E-state index in [9.17, 15) is 4.79 Å². The highest BCUT2D eigenvalue weighted by Gasteiger charge is 2.02. The normalized spacial score (nSPS) is 10.2. The molecular weight excluding hydrogens is 206 g/mol. The zero-order valence-corrected chi connectivity index (χ0v) is 9.17. The minimum atomic E-state index is -0.0456. The number of hydrogen-bond donors (Lipinski definition) is 1. The van der Waals surface area contributed by atoms with E-state index in [0.29, 0.717) is 5.56 Å². The van der Waals surface area contributed by atoms with Crippen molar-refractivity contribution in [2.24, 2.45) is 0 Å². The first-order valence-electron chi connectivity index (χ1n) is 4.63. The second-order valence-corrected chi connectivity index (χ2v) is 4.02. The first-order valence-corrected chi connectivity index (χ1v) is 5.86. The molecule has 15 heavy (non-hydrogen) atoms. The summed E-state index contributed by atoms with van der Waals surface area (Å²) in [6.45, 7) is 0. The topological polar surface area (TPSA) is 32.9 Å². The number of nitrogens with one attached hydrogen (secondary N) is 1. The third kappa shape index (κ3) is 2.13. The van der Waals surface area contributed by atoms with E-state index in [-0.39, 0.29) is 5.56 Å². The molecule has 2 aromatic rings. The number of aromatic nitrogens is 1. The molecule has 1 aromatic carbocycles. The fourth-order valence-corrected chi connectivity index (χ4v) is 1.90. The fourth-order valence-electron chi connectivity index (χ4n) is 1.44. The van der Waals surface area contributed by atoms with Crippen LogP contribution in [-0.4, -0.2) is 11.2 Å². The molecule has 0 saturated heterocycles. The van der Waals surface area contributed by atoms with Crippen molar-refractivity contribution >= 4 is 11.8 Å². The van der Waals surface area contributed by atoms with Crippen molar-refractivity contribution in [3.63, 3.8) is 0 Å². The Hall–Kier alpha value is -1.48. The summed E-state index contributed by atoms with van der Waals surface area (Å²) in [4.78, 5) is 15.4. The van der Waals surface area contributed by atoms with E-state index in [1.807, 2.05) is 42.7 Å². The SMILES string of the molecule is CSc1cccc(-c2ccc[nH]c2=O)c1. The van der Waals surface area contributed by atoms with E-state index in [2.05, 4.69) is 4.98 Å². The summed E-state index contributed by atoms with van der Waals surface area (Å²) in [5.41, 5.74) is 1.63. The summed E-state index contributed by atoms with van der Waals surface area (Å²) in [6, 6.07) is 11.6. The van der Waals surface area contributed by atoms with Gasteiger partial charge in [0.05, 0.1) is 0 Å². The molecule has 0 bridgehead atoms. The molecule has 0 fully saturated rings. The van der Waals surface area contributed by atoms with Gasteiger partial charge in [0.1, 0.15) is 0 Å². The lowest BCUT2D eigenvalue weighted by Crippen LogP contribution is -2.06. The predicted molar refractivity (Wildman–Crippen MR) is 64.3 cm³/mol. The van der Waals surface area contributed by atoms with Gasteiger partial charge >= 0.3 is 0 Å². The number of thioether (sulfide) groups is 1. The van der Waals surface area contributed by atoms with Gasteiger partial charge < -0.3 is 4.98 Å². The average molecular weight is 217 g/mol. The van der Waals surface area contributed by atoms with E-state index in [4.69, 9.17) is 0 Å². The van der Waals surface area contributed by atoms with Crippen molar-refractivity contribution < 1.29 is 0 Å². The zero-order chi connectivity index (χ0) is 10.7.